The van der Waals surface area contributed by atoms with E-state index in [-0.39, 0.29) is 11.3 Å². The van der Waals surface area contributed by atoms with E-state index in [1.807, 2.05) is 0 Å². The standard InChI is InChI=1S/C9H10O4/c1-5-2-6(4-7(10)3-5)8(11)9(12)13/h2-4,8,10-11H,1H3,(H,12,13). The van der Waals surface area contributed by atoms with Gasteiger partial charge in [-0.2, -0.15) is 0 Å². The molecule has 0 aliphatic rings. The summed E-state index contributed by atoms with van der Waals surface area (Å²) in [6, 6.07) is 4.22. The highest BCUT2D eigenvalue weighted by atomic mass is 16.4. The number of benzene rings is 1. The maximum absolute atomic E-state index is 10.4. The van der Waals surface area contributed by atoms with Crippen molar-refractivity contribution >= 4 is 5.97 Å². The number of aryl methyl sites for hydroxylation is 1. The Morgan fingerprint density at radius 3 is 2.46 bits per heavy atom. The maximum Gasteiger partial charge on any atom is 0.337 e. The number of aliphatic hydroxyl groups excluding tert-OH is 1. The molecule has 4 heteroatoms. The molecular weight excluding hydrogens is 172 g/mol. The summed E-state index contributed by atoms with van der Waals surface area (Å²) in [6.07, 6.45) is -1.58. The molecule has 4 nitrogen and oxygen atoms in total. The second-order valence-corrected chi connectivity index (χ2v) is 2.84. The van der Waals surface area contributed by atoms with E-state index < -0.39 is 12.1 Å². The van der Waals surface area contributed by atoms with Crippen molar-refractivity contribution in [3.63, 3.8) is 0 Å². The van der Waals surface area contributed by atoms with Crippen molar-refractivity contribution in [1.82, 2.24) is 0 Å². The fourth-order valence-electron chi connectivity index (χ4n) is 1.09. The molecule has 70 valence electrons. The van der Waals surface area contributed by atoms with Crippen LogP contribution in [0, 0.1) is 6.92 Å². The van der Waals surface area contributed by atoms with Gasteiger partial charge in [-0.25, -0.2) is 4.79 Å². The molecule has 0 saturated carbocycles. The lowest BCUT2D eigenvalue weighted by Gasteiger charge is -2.06. The van der Waals surface area contributed by atoms with E-state index in [1.54, 1.807) is 6.92 Å². The van der Waals surface area contributed by atoms with Crippen LogP contribution >= 0.6 is 0 Å². The van der Waals surface area contributed by atoms with Crippen molar-refractivity contribution in [2.24, 2.45) is 0 Å². The van der Waals surface area contributed by atoms with Crippen LogP contribution in [0.15, 0.2) is 18.2 Å². The average Bonchev–Trinajstić information content (AvgIpc) is 2.01. The molecule has 1 atom stereocenters. The summed E-state index contributed by atoms with van der Waals surface area (Å²) in [5.74, 6) is -1.37. The van der Waals surface area contributed by atoms with Gasteiger partial charge >= 0.3 is 5.97 Å². The molecule has 0 aliphatic carbocycles. The van der Waals surface area contributed by atoms with E-state index in [0.717, 1.165) is 0 Å². The van der Waals surface area contributed by atoms with Crippen LogP contribution in [-0.4, -0.2) is 21.3 Å². The quantitative estimate of drug-likeness (QED) is 0.632. The number of carboxylic acids is 1. The van der Waals surface area contributed by atoms with Gasteiger partial charge in [-0.05, 0) is 30.2 Å². The minimum Gasteiger partial charge on any atom is -0.508 e. The third kappa shape index (κ3) is 2.19. The summed E-state index contributed by atoms with van der Waals surface area (Å²) < 4.78 is 0. The number of hydrogen-bond acceptors (Lipinski definition) is 3. The number of carboxylic acid groups (broad SMARTS) is 1. The van der Waals surface area contributed by atoms with E-state index in [4.69, 9.17) is 15.3 Å². The number of aliphatic carboxylic acids is 1. The van der Waals surface area contributed by atoms with Crippen molar-refractivity contribution in [2.45, 2.75) is 13.0 Å². The van der Waals surface area contributed by atoms with Gasteiger partial charge in [-0.1, -0.05) is 6.07 Å². The Balaban J connectivity index is 3.07. The number of aliphatic hydroxyl groups is 1. The fraction of sp³-hybridized carbons (Fsp3) is 0.222. The molecule has 1 unspecified atom stereocenters. The monoisotopic (exact) mass is 182 g/mol. The van der Waals surface area contributed by atoms with Gasteiger partial charge in [0.2, 0.25) is 0 Å². The first-order valence-corrected chi connectivity index (χ1v) is 3.72. The van der Waals surface area contributed by atoms with Crippen molar-refractivity contribution < 1.29 is 20.1 Å². The number of rotatable bonds is 2. The van der Waals surface area contributed by atoms with Crippen LogP contribution in [0.2, 0.25) is 0 Å². The molecule has 13 heavy (non-hydrogen) atoms. The Kier molecular flexibility index (Phi) is 2.53. The lowest BCUT2D eigenvalue weighted by Crippen LogP contribution is -2.10. The number of hydrogen-bond donors (Lipinski definition) is 3. The van der Waals surface area contributed by atoms with E-state index >= 15 is 0 Å². The Hall–Kier alpha value is -1.55. The second kappa shape index (κ2) is 3.45. The van der Waals surface area contributed by atoms with Crippen LogP contribution in [0.1, 0.15) is 17.2 Å². The summed E-state index contributed by atoms with van der Waals surface area (Å²) in [5, 5.41) is 26.7. The molecule has 0 radical (unpaired) electrons. The van der Waals surface area contributed by atoms with Gasteiger partial charge in [-0.3, -0.25) is 0 Å². The zero-order chi connectivity index (χ0) is 10.0. The summed E-state index contributed by atoms with van der Waals surface area (Å²) in [7, 11) is 0. The van der Waals surface area contributed by atoms with Crippen molar-refractivity contribution in [1.29, 1.82) is 0 Å². The Morgan fingerprint density at radius 1 is 1.38 bits per heavy atom. The molecule has 1 rings (SSSR count). The van der Waals surface area contributed by atoms with Crippen molar-refractivity contribution in [3.05, 3.63) is 29.3 Å². The molecule has 3 N–H and O–H groups in total. The molecule has 1 aromatic carbocycles. The summed E-state index contributed by atoms with van der Waals surface area (Å²) in [6.45, 7) is 1.71. The maximum atomic E-state index is 10.4. The van der Waals surface area contributed by atoms with Gasteiger partial charge in [0.15, 0.2) is 6.10 Å². The first-order valence-electron chi connectivity index (χ1n) is 3.72. The molecule has 0 bridgehead atoms. The first-order chi connectivity index (χ1) is 6.00. The highest BCUT2D eigenvalue weighted by Gasteiger charge is 2.16. The number of carbonyl (C=O) groups is 1. The van der Waals surface area contributed by atoms with Gasteiger partial charge in [0.1, 0.15) is 5.75 Å². The van der Waals surface area contributed by atoms with Crippen LogP contribution in [0.25, 0.3) is 0 Å². The summed E-state index contributed by atoms with van der Waals surface area (Å²) in [4.78, 5) is 10.4. The van der Waals surface area contributed by atoms with Crippen LogP contribution < -0.4 is 0 Å². The number of aromatic hydroxyl groups is 1. The second-order valence-electron chi connectivity index (χ2n) is 2.84. The van der Waals surface area contributed by atoms with E-state index in [9.17, 15) is 4.79 Å². The topological polar surface area (TPSA) is 77.8 Å². The third-order valence-electron chi connectivity index (χ3n) is 1.63. The van der Waals surface area contributed by atoms with Gasteiger partial charge in [0, 0.05) is 0 Å². The SMILES string of the molecule is Cc1cc(O)cc(C(O)C(=O)O)c1. The fourth-order valence-corrected chi connectivity index (χ4v) is 1.09. The van der Waals surface area contributed by atoms with Crippen molar-refractivity contribution in [2.75, 3.05) is 0 Å². The minimum atomic E-state index is -1.58. The molecule has 0 spiro atoms. The van der Waals surface area contributed by atoms with Gasteiger partial charge < -0.3 is 15.3 Å². The van der Waals surface area contributed by atoms with Crippen LogP contribution in [0.3, 0.4) is 0 Å². The Morgan fingerprint density at radius 2 is 2.00 bits per heavy atom. The van der Waals surface area contributed by atoms with Gasteiger partial charge in [-0.15, -0.1) is 0 Å². The largest absolute Gasteiger partial charge is 0.508 e. The van der Waals surface area contributed by atoms with Gasteiger partial charge in [0.05, 0.1) is 0 Å². The van der Waals surface area contributed by atoms with E-state index in [0.29, 0.717) is 5.56 Å². The van der Waals surface area contributed by atoms with Crippen LogP contribution in [-0.2, 0) is 4.79 Å². The molecule has 0 amide bonds. The van der Waals surface area contributed by atoms with Crippen LogP contribution in [0.4, 0.5) is 0 Å². The predicted octanol–water partition coefficient (Wildman–Crippen LogP) is 0.819. The zero-order valence-electron chi connectivity index (χ0n) is 7.06. The van der Waals surface area contributed by atoms with Gasteiger partial charge in [0.25, 0.3) is 0 Å². The molecule has 0 fully saturated rings. The lowest BCUT2D eigenvalue weighted by atomic mass is 10.1. The highest BCUT2D eigenvalue weighted by Crippen LogP contribution is 2.20. The third-order valence-corrected chi connectivity index (χ3v) is 1.63. The number of phenolic OH excluding ortho intramolecular Hbond substituents is 1. The predicted molar refractivity (Wildman–Crippen MR) is 45.4 cm³/mol. The highest BCUT2D eigenvalue weighted by molar-refractivity contribution is 5.74. The van der Waals surface area contributed by atoms with E-state index in [1.165, 1.54) is 18.2 Å². The Labute approximate surface area is 75.1 Å². The molecular formula is C9H10O4. The smallest absolute Gasteiger partial charge is 0.337 e. The van der Waals surface area contributed by atoms with Crippen LogP contribution in [0.5, 0.6) is 5.75 Å². The molecule has 0 heterocycles. The molecule has 0 aliphatic heterocycles. The summed E-state index contributed by atoms with van der Waals surface area (Å²) in [5.41, 5.74) is 0.889. The molecule has 0 aromatic heterocycles. The molecule has 0 saturated heterocycles. The average molecular weight is 182 g/mol. The lowest BCUT2D eigenvalue weighted by molar-refractivity contribution is -0.146. The first kappa shape index (κ1) is 9.54. The van der Waals surface area contributed by atoms with Crippen molar-refractivity contribution in [3.8, 4) is 5.75 Å². The zero-order valence-corrected chi connectivity index (χ0v) is 7.06. The van der Waals surface area contributed by atoms with E-state index in [2.05, 4.69) is 0 Å². The molecule has 1 aromatic rings. The summed E-state index contributed by atoms with van der Waals surface area (Å²) >= 11 is 0. The minimum absolute atomic E-state index is 0.0460. The Bertz CT molecular complexity index is 312. The number of phenols is 1. The normalized spacial score (nSPS) is 12.5.